The Balaban J connectivity index is 1.73. The number of hydrogen-bond donors (Lipinski definition) is 0. The summed E-state index contributed by atoms with van der Waals surface area (Å²) in [5, 5.41) is 0. The molecule has 1 aromatic heterocycles. The van der Waals surface area contributed by atoms with Crippen molar-refractivity contribution in [2.45, 2.75) is 51.2 Å². The number of thiophene rings is 1. The summed E-state index contributed by atoms with van der Waals surface area (Å²) in [6.45, 7) is 8.46. The number of fused-ring (bicyclic) bond motifs is 1. The molecule has 4 heteroatoms. The lowest BCUT2D eigenvalue weighted by Crippen LogP contribution is -2.58. The maximum absolute atomic E-state index is 6.08. The summed E-state index contributed by atoms with van der Waals surface area (Å²) < 4.78 is 0.908. The van der Waals surface area contributed by atoms with Crippen molar-refractivity contribution in [1.82, 2.24) is 9.80 Å². The first-order valence-electron chi connectivity index (χ1n) is 7.40. The zero-order valence-corrected chi connectivity index (χ0v) is 13.4. The maximum Gasteiger partial charge on any atom is 0.0931 e. The smallest absolute Gasteiger partial charge is 0.0931 e. The van der Waals surface area contributed by atoms with Crippen LogP contribution in [0.2, 0.25) is 4.34 Å². The molecule has 2 saturated heterocycles. The van der Waals surface area contributed by atoms with E-state index in [1.54, 1.807) is 11.3 Å². The minimum Gasteiger partial charge on any atom is -0.298 e. The van der Waals surface area contributed by atoms with Crippen molar-refractivity contribution in [1.29, 1.82) is 0 Å². The van der Waals surface area contributed by atoms with Crippen LogP contribution >= 0.6 is 22.9 Å². The van der Waals surface area contributed by atoms with Crippen molar-refractivity contribution >= 4 is 22.9 Å². The van der Waals surface area contributed by atoms with Crippen LogP contribution in [0, 0.1) is 0 Å². The normalized spacial score (nSPS) is 31.1. The number of piperazine rings is 1. The Morgan fingerprint density at radius 2 is 2.16 bits per heavy atom. The van der Waals surface area contributed by atoms with Gasteiger partial charge in [0.05, 0.1) is 4.34 Å². The lowest BCUT2D eigenvalue weighted by atomic mass is 9.96. The first-order chi connectivity index (χ1) is 9.15. The van der Waals surface area contributed by atoms with E-state index >= 15 is 0 Å². The van der Waals surface area contributed by atoms with Gasteiger partial charge in [0.1, 0.15) is 0 Å². The first kappa shape index (κ1) is 13.9. The Kier molecular flexibility index (Phi) is 4.18. The van der Waals surface area contributed by atoms with Gasteiger partial charge in [-0.1, -0.05) is 18.0 Å². The van der Waals surface area contributed by atoms with Crippen molar-refractivity contribution in [2.24, 2.45) is 0 Å². The van der Waals surface area contributed by atoms with E-state index in [0.717, 1.165) is 10.4 Å². The summed E-state index contributed by atoms with van der Waals surface area (Å²) >= 11 is 7.81. The standard InChI is InChI=1S/C15H23ClN2S/c1-11-9-17-8-4-3-5-13(17)10-18(11)12(2)14-6-7-15(16)19-14/h6-7,11-13H,3-5,8-10H2,1-2H3. The number of nitrogens with zero attached hydrogens (tertiary/aromatic N) is 2. The molecule has 0 N–H and O–H groups in total. The molecule has 0 bridgehead atoms. The molecule has 0 saturated carbocycles. The monoisotopic (exact) mass is 298 g/mol. The third-order valence-corrected chi connectivity index (χ3v) is 6.14. The molecular weight excluding hydrogens is 276 g/mol. The van der Waals surface area contributed by atoms with Crippen molar-refractivity contribution in [2.75, 3.05) is 19.6 Å². The molecule has 3 unspecified atom stereocenters. The molecule has 0 radical (unpaired) electrons. The van der Waals surface area contributed by atoms with Gasteiger partial charge in [-0.05, 0) is 45.4 Å². The lowest BCUT2D eigenvalue weighted by molar-refractivity contribution is -0.00388. The van der Waals surface area contributed by atoms with Crippen molar-refractivity contribution < 1.29 is 0 Å². The van der Waals surface area contributed by atoms with Gasteiger partial charge in [-0.25, -0.2) is 0 Å². The number of hydrogen-bond acceptors (Lipinski definition) is 3. The highest BCUT2D eigenvalue weighted by atomic mass is 35.5. The van der Waals surface area contributed by atoms with Crippen LogP contribution in [0.1, 0.15) is 44.0 Å². The van der Waals surface area contributed by atoms with Gasteiger partial charge in [-0.3, -0.25) is 9.80 Å². The van der Waals surface area contributed by atoms with Gasteiger partial charge in [0, 0.05) is 36.1 Å². The molecule has 3 atom stereocenters. The highest BCUT2D eigenvalue weighted by Crippen LogP contribution is 2.34. The van der Waals surface area contributed by atoms with Crippen molar-refractivity contribution in [3.05, 3.63) is 21.3 Å². The highest BCUT2D eigenvalue weighted by molar-refractivity contribution is 7.16. The van der Waals surface area contributed by atoms with Crippen LogP contribution in [0.25, 0.3) is 0 Å². The fourth-order valence-corrected chi connectivity index (χ4v) is 4.76. The quantitative estimate of drug-likeness (QED) is 0.813. The molecule has 0 amide bonds. The minimum absolute atomic E-state index is 0.497. The van der Waals surface area contributed by atoms with Crippen molar-refractivity contribution in [3.63, 3.8) is 0 Å². The number of halogens is 1. The maximum atomic E-state index is 6.08. The van der Waals surface area contributed by atoms with E-state index in [0.29, 0.717) is 12.1 Å². The largest absolute Gasteiger partial charge is 0.298 e. The lowest BCUT2D eigenvalue weighted by Gasteiger charge is -2.49. The van der Waals surface area contributed by atoms with Gasteiger partial charge in [-0.2, -0.15) is 0 Å². The zero-order chi connectivity index (χ0) is 13.4. The van der Waals surface area contributed by atoms with E-state index in [1.165, 1.54) is 43.8 Å². The summed E-state index contributed by atoms with van der Waals surface area (Å²) in [6.07, 6.45) is 4.17. The zero-order valence-electron chi connectivity index (χ0n) is 11.8. The molecule has 3 rings (SSSR count). The fourth-order valence-electron chi connectivity index (χ4n) is 3.63. The molecule has 1 aromatic rings. The third-order valence-electron chi connectivity index (χ3n) is 4.74. The van der Waals surface area contributed by atoms with Crippen LogP contribution in [0.15, 0.2) is 12.1 Å². The Morgan fingerprint density at radius 3 is 2.89 bits per heavy atom. The van der Waals surface area contributed by atoms with Crippen LogP contribution in [0.3, 0.4) is 0 Å². The first-order valence-corrected chi connectivity index (χ1v) is 8.59. The fraction of sp³-hybridized carbons (Fsp3) is 0.733. The average Bonchev–Trinajstić information content (AvgIpc) is 2.84. The van der Waals surface area contributed by atoms with Gasteiger partial charge < -0.3 is 0 Å². The highest BCUT2D eigenvalue weighted by Gasteiger charge is 2.35. The molecule has 2 aliphatic heterocycles. The molecule has 0 aromatic carbocycles. The minimum atomic E-state index is 0.497. The number of piperidine rings is 1. The molecule has 0 spiro atoms. The molecule has 19 heavy (non-hydrogen) atoms. The van der Waals surface area contributed by atoms with Gasteiger partial charge in [-0.15, -0.1) is 11.3 Å². The Hall–Kier alpha value is -0.0900. The van der Waals surface area contributed by atoms with Gasteiger partial charge in [0.15, 0.2) is 0 Å². The number of rotatable bonds is 2. The third kappa shape index (κ3) is 2.85. The van der Waals surface area contributed by atoms with Crippen LogP contribution in [0.4, 0.5) is 0 Å². The Morgan fingerprint density at radius 1 is 1.32 bits per heavy atom. The van der Waals surface area contributed by atoms with E-state index in [1.807, 2.05) is 6.07 Å². The van der Waals surface area contributed by atoms with Crippen molar-refractivity contribution in [3.8, 4) is 0 Å². The van der Waals surface area contributed by atoms with Crippen LogP contribution in [0.5, 0.6) is 0 Å². The SMILES string of the molecule is CC1CN2CCCCC2CN1C(C)c1ccc(Cl)s1. The average molecular weight is 299 g/mol. The van der Waals surface area contributed by atoms with Crippen LogP contribution < -0.4 is 0 Å². The van der Waals surface area contributed by atoms with E-state index in [-0.39, 0.29) is 0 Å². The van der Waals surface area contributed by atoms with E-state index in [9.17, 15) is 0 Å². The second-order valence-corrected chi connectivity index (χ2v) is 7.75. The summed E-state index contributed by atoms with van der Waals surface area (Å²) in [5.41, 5.74) is 0. The van der Waals surface area contributed by atoms with E-state index in [4.69, 9.17) is 11.6 Å². The predicted octanol–water partition coefficient (Wildman–Crippen LogP) is 4.02. The second-order valence-electron chi connectivity index (χ2n) is 6.01. The molecule has 0 aliphatic carbocycles. The van der Waals surface area contributed by atoms with Gasteiger partial charge in [0.2, 0.25) is 0 Å². The summed E-state index contributed by atoms with van der Waals surface area (Å²) in [5.74, 6) is 0. The van der Waals surface area contributed by atoms with Gasteiger partial charge in [0.25, 0.3) is 0 Å². The predicted molar refractivity (Wildman–Crippen MR) is 83.1 cm³/mol. The Labute approximate surface area is 125 Å². The van der Waals surface area contributed by atoms with Crippen LogP contribution in [-0.2, 0) is 0 Å². The summed E-state index contributed by atoms with van der Waals surface area (Å²) in [7, 11) is 0. The van der Waals surface area contributed by atoms with Gasteiger partial charge >= 0.3 is 0 Å². The topological polar surface area (TPSA) is 6.48 Å². The van der Waals surface area contributed by atoms with E-state index < -0.39 is 0 Å². The molecule has 2 nitrogen and oxygen atoms in total. The van der Waals surface area contributed by atoms with E-state index in [2.05, 4.69) is 29.7 Å². The molecule has 2 aliphatic rings. The summed E-state index contributed by atoms with van der Waals surface area (Å²) in [4.78, 5) is 6.79. The Bertz CT molecular complexity index is 434. The van der Waals surface area contributed by atoms with Crippen LogP contribution in [-0.4, -0.2) is 41.5 Å². The summed E-state index contributed by atoms with van der Waals surface area (Å²) in [6, 6.07) is 6.14. The second kappa shape index (κ2) is 5.72. The molecule has 106 valence electrons. The molecule has 2 fully saturated rings. The molecular formula is C15H23ClN2S. The molecule has 3 heterocycles.